The average molecular weight is 338 g/mol. The first-order valence-electron chi connectivity index (χ1n) is 8.47. The minimum atomic E-state index is -0.976. The van der Waals surface area contributed by atoms with Crippen LogP contribution in [0.3, 0.4) is 0 Å². The van der Waals surface area contributed by atoms with Gasteiger partial charge in [0.15, 0.2) is 0 Å². The largest absolute Gasteiger partial charge is 0.497 e. The van der Waals surface area contributed by atoms with Gasteiger partial charge in [-0.25, -0.2) is 0 Å². The fourth-order valence-corrected chi connectivity index (χ4v) is 4.04. The lowest BCUT2D eigenvalue weighted by Gasteiger charge is -2.29. The third-order valence-corrected chi connectivity index (χ3v) is 5.41. The molecule has 1 unspecified atom stereocenters. The summed E-state index contributed by atoms with van der Waals surface area (Å²) in [6, 6.07) is 11.7. The maximum absolute atomic E-state index is 13.3. The van der Waals surface area contributed by atoms with Gasteiger partial charge < -0.3 is 20.1 Å². The summed E-state index contributed by atoms with van der Waals surface area (Å²) in [6.07, 6.45) is 1.37. The number of hydrogen-bond donors (Lipinski definition) is 1. The molecule has 0 bridgehead atoms. The number of fused-ring (bicyclic) bond motifs is 2. The summed E-state index contributed by atoms with van der Waals surface area (Å²) in [7, 11) is 3.30. The van der Waals surface area contributed by atoms with Crippen LogP contribution in [-0.2, 0) is 29.8 Å². The van der Waals surface area contributed by atoms with Gasteiger partial charge in [0.2, 0.25) is 5.91 Å². The molecule has 0 radical (unpaired) electrons. The summed E-state index contributed by atoms with van der Waals surface area (Å²) >= 11 is 0. The molecular formula is C20H22N2O3. The molecule has 0 fully saturated rings. The molecule has 130 valence electrons. The molecule has 25 heavy (non-hydrogen) atoms. The van der Waals surface area contributed by atoms with Gasteiger partial charge in [-0.05, 0) is 53.3 Å². The maximum Gasteiger partial charge on any atom is 0.247 e. The fourth-order valence-electron chi connectivity index (χ4n) is 4.04. The molecule has 1 atom stereocenters. The normalized spacial score (nSPS) is 21.0. The highest BCUT2D eigenvalue weighted by molar-refractivity contribution is 5.89. The van der Waals surface area contributed by atoms with Crippen LogP contribution in [0.1, 0.15) is 28.7 Å². The molecule has 5 nitrogen and oxygen atoms in total. The zero-order valence-corrected chi connectivity index (χ0v) is 14.5. The van der Waals surface area contributed by atoms with E-state index in [0.29, 0.717) is 19.5 Å². The number of rotatable bonds is 3. The van der Waals surface area contributed by atoms with E-state index in [9.17, 15) is 4.79 Å². The van der Waals surface area contributed by atoms with Gasteiger partial charge in [-0.15, -0.1) is 0 Å². The maximum atomic E-state index is 13.3. The minimum Gasteiger partial charge on any atom is -0.497 e. The van der Waals surface area contributed by atoms with E-state index in [-0.39, 0.29) is 5.91 Å². The molecule has 4 rings (SSSR count). The van der Waals surface area contributed by atoms with E-state index in [1.54, 1.807) is 14.2 Å². The highest BCUT2D eigenvalue weighted by Gasteiger charge is 2.46. The van der Waals surface area contributed by atoms with Crippen LogP contribution in [0.4, 0.5) is 0 Å². The van der Waals surface area contributed by atoms with Gasteiger partial charge in [0.1, 0.15) is 17.0 Å². The second kappa shape index (κ2) is 5.77. The molecule has 0 saturated heterocycles. The quantitative estimate of drug-likeness (QED) is 0.933. The van der Waals surface area contributed by atoms with E-state index in [1.165, 1.54) is 0 Å². The predicted molar refractivity (Wildman–Crippen MR) is 94.4 cm³/mol. The molecule has 0 saturated carbocycles. The van der Waals surface area contributed by atoms with Crippen molar-refractivity contribution in [1.29, 1.82) is 0 Å². The van der Waals surface area contributed by atoms with Crippen molar-refractivity contribution in [3.63, 3.8) is 0 Å². The zero-order chi connectivity index (χ0) is 17.6. The number of carbonyl (C=O) groups excluding carboxylic acids is 1. The van der Waals surface area contributed by atoms with Gasteiger partial charge in [0, 0.05) is 13.1 Å². The van der Waals surface area contributed by atoms with Crippen molar-refractivity contribution in [2.24, 2.45) is 5.73 Å². The molecule has 2 N–H and O–H groups in total. The van der Waals surface area contributed by atoms with Gasteiger partial charge in [-0.1, -0.05) is 18.2 Å². The van der Waals surface area contributed by atoms with Crippen molar-refractivity contribution < 1.29 is 14.3 Å². The van der Waals surface area contributed by atoms with Crippen molar-refractivity contribution in [3.05, 3.63) is 58.7 Å². The van der Waals surface area contributed by atoms with Crippen molar-refractivity contribution in [2.45, 2.75) is 31.5 Å². The molecular weight excluding hydrogens is 316 g/mol. The second-order valence-corrected chi connectivity index (χ2v) is 6.75. The summed E-state index contributed by atoms with van der Waals surface area (Å²) in [5.41, 5.74) is 9.89. The highest BCUT2D eigenvalue weighted by atomic mass is 16.5. The van der Waals surface area contributed by atoms with Gasteiger partial charge in [0.25, 0.3) is 0 Å². The topological polar surface area (TPSA) is 64.8 Å². The lowest BCUT2D eigenvalue weighted by atomic mass is 9.91. The van der Waals surface area contributed by atoms with Crippen molar-refractivity contribution in [2.75, 3.05) is 14.2 Å². The van der Waals surface area contributed by atoms with Gasteiger partial charge in [0.05, 0.1) is 14.2 Å². The van der Waals surface area contributed by atoms with Crippen molar-refractivity contribution >= 4 is 5.91 Å². The molecule has 1 amide bonds. The monoisotopic (exact) mass is 338 g/mol. The summed E-state index contributed by atoms with van der Waals surface area (Å²) in [5.74, 6) is 1.60. The number of ether oxygens (including phenoxy) is 2. The van der Waals surface area contributed by atoms with E-state index in [1.807, 2.05) is 41.3 Å². The molecule has 1 heterocycles. The number of nitrogens with two attached hydrogens (primary N) is 1. The second-order valence-electron chi connectivity index (χ2n) is 6.75. The third kappa shape index (κ3) is 2.38. The third-order valence-electron chi connectivity index (χ3n) is 5.41. The van der Waals surface area contributed by atoms with Crippen LogP contribution in [0.5, 0.6) is 11.5 Å². The number of hydrogen-bond acceptors (Lipinski definition) is 4. The lowest BCUT2D eigenvalue weighted by molar-refractivity contribution is -0.138. The Bertz CT molecular complexity index is 849. The number of methoxy groups -OCH3 is 2. The molecule has 0 aromatic heterocycles. The van der Waals surface area contributed by atoms with Crippen LogP contribution < -0.4 is 15.2 Å². The number of nitrogens with zero attached hydrogens (tertiary/aromatic N) is 1. The van der Waals surface area contributed by atoms with Gasteiger partial charge in [-0.2, -0.15) is 0 Å². The SMILES string of the molecule is COc1ccc2c(c1)CN(C(=O)C1(N)CCc3c(OC)cccc31)C2. The van der Waals surface area contributed by atoms with Crippen LogP contribution in [0.15, 0.2) is 36.4 Å². The molecule has 2 aromatic carbocycles. The Morgan fingerprint density at radius 1 is 1.12 bits per heavy atom. The van der Waals surface area contributed by atoms with Crippen LogP contribution in [0, 0.1) is 0 Å². The number of amides is 1. The van der Waals surface area contributed by atoms with Gasteiger partial charge >= 0.3 is 0 Å². The zero-order valence-electron chi connectivity index (χ0n) is 14.5. The van der Waals surface area contributed by atoms with E-state index >= 15 is 0 Å². The highest BCUT2D eigenvalue weighted by Crippen LogP contribution is 2.42. The fraction of sp³-hybridized carbons (Fsp3) is 0.350. The first-order chi connectivity index (χ1) is 12.1. The Kier molecular flexibility index (Phi) is 3.69. The predicted octanol–water partition coefficient (Wildman–Crippen LogP) is 2.35. The van der Waals surface area contributed by atoms with E-state index in [4.69, 9.17) is 15.2 Å². The van der Waals surface area contributed by atoms with Crippen molar-refractivity contribution in [3.8, 4) is 11.5 Å². The smallest absolute Gasteiger partial charge is 0.247 e. The average Bonchev–Trinajstić information content (AvgIpc) is 3.22. The molecule has 2 aromatic rings. The number of benzene rings is 2. The minimum absolute atomic E-state index is 0.0188. The first-order valence-corrected chi connectivity index (χ1v) is 8.47. The Balaban J connectivity index is 1.63. The number of carbonyl (C=O) groups is 1. The molecule has 1 aliphatic heterocycles. The standard InChI is InChI=1S/C20H22N2O3/c1-24-15-7-6-13-11-22(12-14(13)10-15)19(23)20(21)9-8-16-17(20)4-3-5-18(16)25-2/h3-7,10H,8-9,11-12,21H2,1-2H3. The lowest BCUT2D eigenvalue weighted by Crippen LogP contribution is -2.50. The molecule has 0 spiro atoms. The molecule has 2 aliphatic rings. The summed E-state index contributed by atoms with van der Waals surface area (Å²) < 4.78 is 10.7. The summed E-state index contributed by atoms with van der Waals surface area (Å²) in [6.45, 7) is 1.17. The van der Waals surface area contributed by atoms with Crippen LogP contribution in [0.2, 0.25) is 0 Å². The van der Waals surface area contributed by atoms with Crippen LogP contribution in [0.25, 0.3) is 0 Å². The molecule has 1 aliphatic carbocycles. The Labute approximate surface area is 147 Å². The Morgan fingerprint density at radius 3 is 2.68 bits per heavy atom. The Hall–Kier alpha value is -2.53. The van der Waals surface area contributed by atoms with Gasteiger partial charge in [-0.3, -0.25) is 4.79 Å². The first kappa shape index (κ1) is 16.0. The van der Waals surface area contributed by atoms with Crippen molar-refractivity contribution in [1.82, 2.24) is 4.90 Å². The van der Waals surface area contributed by atoms with Crippen LogP contribution in [-0.4, -0.2) is 25.0 Å². The van der Waals surface area contributed by atoms with E-state index < -0.39 is 5.54 Å². The molecule has 5 heteroatoms. The summed E-state index contributed by atoms with van der Waals surface area (Å²) in [4.78, 5) is 15.1. The van der Waals surface area contributed by atoms with Crippen LogP contribution >= 0.6 is 0 Å². The summed E-state index contributed by atoms with van der Waals surface area (Å²) in [5, 5.41) is 0. The van der Waals surface area contributed by atoms with E-state index in [0.717, 1.165) is 40.2 Å². The Morgan fingerprint density at radius 2 is 1.92 bits per heavy atom. The van der Waals surface area contributed by atoms with E-state index in [2.05, 4.69) is 0 Å².